The maximum absolute atomic E-state index is 12.7. The third-order valence-electron chi connectivity index (χ3n) is 6.16. The summed E-state index contributed by atoms with van der Waals surface area (Å²) in [7, 11) is -2.65. The predicted molar refractivity (Wildman–Crippen MR) is 132 cm³/mol. The molecule has 2 nitrogen and oxygen atoms in total. The van der Waals surface area contributed by atoms with E-state index in [0.29, 0.717) is 12.8 Å². The van der Waals surface area contributed by atoms with Gasteiger partial charge in [0.05, 0.1) is 0 Å². The van der Waals surface area contributed by atoms with Crippen LogP contribution < -0.4 is 15.6 Å². The van der Waals surface area contributed by atoms with Crippen molar-refractivity contribution in [2.75, 3.05) is 0 Å². The van der Waals surface area contributed by atoms with Crippen LogP contribution in [0.3, 0.4) is 0 Å². The molecule has 160 valence electrons. The zero-order valence-electron chi connectivity index (χ0n) is 18.8. The number of rotatable bonds is 9. The summed E-state index contributed by atoms with van der Waals surface area (Å²) in [5, 5.41) is 3.69. The molecular formula is C28H32O2Si. The van der Waals surface area contributed by atoms with E-state index in [1.807, 2.05) is 39.0 Å². The highest BCUT2D eigenvalue weighted by molar-refractivity contribution is 7.13. The van der Waals surface area contributed by atoms with E-state index in [0.717, 1.165) is 12.7 Å². The summed E-state index contributed by atoms with van der Waals surface area (Å²) in [6.07, 6.45) is 3.09. The molecule has 0 amide bonds. The lowest BCUT2D eigenvalue weighted by Gasteiger charge is -2.38. The first kappa shape index (κ1) is 22.9. The Balaban J connectivity index is 2.12. The Hall–Kier alpha value is -2.78. The van der Waals surface area contributed by atoms with Crippen LogP contribution in [0.1, 0.15) is 40.0 Å². The highest BCUT2D eigenvalue weighted by atomic mass is 28.3. The lowest BCUT2D eigenvalue weighted by atomic mass is 9.88. The second-order valence-electron chi connectivity index (χ2n) is 9.21. The average molecular weight is 429 g/mol. The summed E-state index contributed by atoms with van der Waals surface area (Å²) in [4.78, 5) is 25.2. The van der Waals surface area contributed by atoms with Crippen LogP contribution in [0.15, 0.2) is 91.0 Å². The Kier molecular flexibility index (Phi) is 7.40. The molecule has 0 aromatic heterocycles. The van der Waals surface area contributed by atoms with Crippen molar-refractivity contribution >= 4 is 35.7 Å². The van der Waals surface area contributed by atoms with Crippen LogP contribution in [0.5, 0.6) is 0 Å². The second-order valence-corrected chi connectivity index (χ2v) is 13.3. The van der Waals surface area contributed by atoms with Gasteiger partial charge in [-0.15, -0.1) is 0 Å². The number of hydrogen-bond acceptors (Lipinski definition) is 2. The fourth-order valence-corrected chi connectivity index (χ4v) is 9.77. The van der Waals surface area contributed by atoms with Gasteiger partial charge in [0.2, 0.25) is 0 Å². The maximum atomic E-state index is 12.7. The molecule has 0 radical (unpaired) electrons. The smallest absolute Gasteiger partial charge is 0.158 e. The molecule has 31 heavy (non-hydrogen) atoms. The van der Waals surface area contributed by atoms with Crippen molar-refractivity contribution in [1.29, 1.82) is 0 Å². The number of carbonyl (C=O) groups excluding carboxylic acids is 2. The molecule has 0 fully saturated rings. The van der Waals surface area contributed by atoms with Gasteiger partial charge in [-0.05, 0) is 28.4 Å². The van der Waals surface area contributed by atoms with Crippen molar-refractivity contribution in [3.63, 3.8) is 0 Å². The van der Waals surface area contributed by atoms with Crippen molar-refractivity contribution in [2.45, 2.75) is 45.6 Å². The van der Waals surface area contributed by atoms with Crippen LogP contribution >= 0.6 is 0 Å². The van der Waals surface area contributed by atoms with Crippen molar-refractivity contribution < 1.29 is 9.59 Å². The van der Waals surface area contributed by atoms with Crippen LogP contribution in [0, 0.1) is 5.41 Å². The molecule has 0 aliphatic carbocycles. The van der Waals surface area contributed by atoms with Gasteiger partial charge < -0.3 is 4.79 Å². The molecule has 0 saturated carbocycles. The van der Waals surface area contributed by atoms with Crippen molar-refractivity contribution in [2.24, 2.45) is 5.41 Å². The molecule has 0 spiro atoms. The minimum atomic E-state index is -2.65. The van der Waals surface area contributed by atoms with E-state index in [9.17, 15) is 9.59 Å². The van der Waals surface area contributed by atoms with Gasteiger partial charge >= 0.3 is 0 Å². The van der Waals surface area contributed by atoms with Crippen LogP contribution in [0.2, 0.25) is 5.54 Å². The van der Waals surface area contributed by atoms with Gasteiger partial charge in [-0.25, -0.2) is 0 Å². The lowest BCUT2D eigenvalue weighted by molar-refractivity contribution is -0.126. The first-order valence-corrected chi connectivity index (χ1v) is 13.1. The summed E-state index contributed by atoms with van der Waals surface area (Å²) >= 11 is 0. The second kappa shape index (κ2) is 10.0. The molecule has 3 heteroatoms. The van der Waals surface area contributed by atoms with Gasteiger partial charge in [-0.1, -0.05) is 112 Å². The Morgan fingerprint density at radius 2 is 1.16 bits per heavy atom. The topological polar surface area (TPSA) is 34.1 Å². The summed E-state index contributed by atoms with van der Waals surface area (Å²) in [5.74, 6) is 0.253. The lowest BCUT2D eigenvalue weighted by Crippen LogP contribution is -2.70. The first-order valence-electron chi connectivity index (χ1n) is 11.1. The SMILES string of the molecule is CC(C)(C)C(=O)CCCC(C=O)[Si](c1ccccc1)(c1ccccc1)c1ccccc1. The predicted octanol–water partition coefficient (Wildman–Crippen LogP) is 4.51. The van der Waals surface area contributed by atoms with Gasteiger partial charge in [0.1, 0.15) is 12.1 Å². The molecule has 3 rings (SSSR count). The van der Waals surface area contributed by atoms with Crippen molar-refractivity contribution in [3.05, 3.63) is 91.0 Å². The monoisotopic (exact) mass is 428 g/mol. The molecule has 1 unspecified atom stereocenters. The molecule has 0 N–H and O–H groups in total. The van der Waals surface area contributed by atoms with E-state index in [1.54, 1.807) is 0 Å². The summed E-state index contributed by atoms with van der Waals surface area (Å²) < 4.78 is 0. The first-order chi connectivity index (χ1) is 14.9. The zero-order chi connectivity index (χ0) is 22.3. The quantitative estimate of drug-likeness (QED) is 0.285. The van der Waals surface area contributed by atoms with Gasteiger partial charge in [0.25, 0.3) is 0 Å². The number of Topliss-reactive ketones (excluding diaryl/α,β-unsaturated/α-hetero) is 1. The molecule has 0 aliphatic heterocycles. The Bertz CT molecular complexity index is 879. The maximum Gasteiger partial charge on any atom is 0.158 e. The highest BCUT2D eigenvalue weighted by Crippen LogP contribution is 2.28. The van der Waals surface area contributed by atoms with Gasteiger partial charge in [-0.2, -0.15) is 0 Å². The van der Waals surface area contributed by atoms with Crippen LogP contribution in [-0.4, -0.2) is 20.1 Å². The minimum absolute atomic E-state index is 0.160. The number of benzene rings is 3. The third kappa shape index (κ3) is 4.94. The molecule has 0 saturated heterocycles. The van der Waals surface area contributed by atoms with Crippen LogP contribution in [0.25, 0.3) is 0 Å². The van der Waals surface area contributed by atoms with Crippen LogP contribution in [0.4, 0.5) is 0 Å². The number of carbonyl (C=O) groups is 2. The van der Waals surface area contributed by atoms with E-state index < -0.39 is 8.07 Å². The Morgan fingerprint density at radius 1 is 0.774 bits per heavy atom. The standard InChI is InChI=1S/C28H32O2Si/c1-28(2,3)27(30)21-13-20-26(22-29)31(23-14-7-4-8-15-23,24-16-9-5-10-17-24)25-18-11-6-12-19-25/h4-12,14-19,22,26H,13,20-21H2,1-3H3. The molecular weight excluding hydrogens is 396 g/mol. The largest absolute Gasteiger partial charge is 0.303 e. The van der Waals surface area contributed by atoms with Gasteiger partial charge in [0, 0.05) is 17.4 Å². The fourth-order valence-electron chi connectivity index (χ4n) is 4.49. The zero-order valence-corrected chi connectivity index (χ0v) is 19.8. The highest BCUT2D eigenvalue weighted by Gasteiger charge is 2.46. The number of aldehydes is 1. The minimum Gasteiger partial charge on any atom is -0.303 e. The van der Waals surface area contributed by atoms with Crippen LogP contribution in [-0.2, 0) is 9.59 Å². The molecule has 3 aromatic rings. The average Bonchev–Trinajstić information content (AvgIpc) is 2.80. The summed E-state index contributed by atoms with van der Waals surface area (Å²) in [5.41, 5.74) is -0.504. The third-order valence-corrected chi connectivity index (χ3v) is 11.4. The van der Waals surface area contributed by atoms with E-state index in [2.05, 4.69) is 72.8 Å². The molecule has 3 aromatic carbocycles. The Morgan fingerprint density at radius 3 is 1.48 bits per heavy atom. The normalized spacial score (nSPS) is 12.9. The van der Waals surface area contributed by atoms with E-state index >= 15 is 0 Å². The van der Waals surface area contributed by atoms with E-state index in [4.69, 9.17) is 0 Å². The van der Waals surface area contributed by atoms with E-state index in [1.165, 1.54) is 15.6 Å². The molecule has 0 bridgehead atoms. The Labute approximate surface area is 187 Å². The number of hydrogen-bond donors (Lipinski definition) is 0. The fraction of sp³-hybridized carbons (Fsp3) is 0.286. The van der Waals surface area contributed by atoms with Gasteiger partial charge in [0.15, 0.2) is 8.07 Å². The van der Waals surface area contributed by atoms with Gasteiger partial charge in [-0.3, -0.25) is 4.79 Å². The number of ketones is 1. The van der Waals surface area contributed by atoms with E-state index in [-0.39, 0.29) is 16.7 Å². The molecule has 1 atom stereocenters. The van der Waals surface area contributed by atoms with Crippen molar-refractivity contribution in [1.82, 2.24) is 0 Å². The van der Waals surface area contributed by atoms with Crippen molar-refractivity contribution in [3.8, 4) is 0 Å². The summed E-state index contributed by atoms with van der Waals surface area (Å²) in [6.45, 7) is 5.89. The molecule has 0 heterocycles. The summed E-state index contributed by atoms with van der Waals surface area (Å²) in [6, 6.07) is 31.5. The molecule has 0 aliphatic rings.